The Labute approximate surface area is 236 Å². The lowest BCUT2D eigenvalue weighted by Crippen LogP contribution is -2.46. The summed E-state index contributed by atoms with van der Waals surface area (Å²) in [5.41, 5.74) is -0.130. The molecule has 0 radical (unpaired) electrons. The highest BCUT2D eigenvalue weighted by Crippen LogP contribution is 2.59. The van der Waals surface area contributed by atoms with Gasteiger partial charge in [-0.1, -0.05) is 123 Å². The van der Waals surface area contributed by atoms with Gasteiger partial charge in [0.15, 0.2) is 0 Å². The van der Waals surface area contributed by atoms with Gasteiger partial charge in [-0.2, -0.15) is 0 Å². The first-order valence-corrected chi connectivity index (χ1v) is 16.8. The topological polar surface area (TPSA) is 49.4 Å². The lowest BCUT2D eigenvalue weighted by atomic mass is 9.66. The zero-order valence-electron chi connectivity index (χ0n) is 25.7. The number of hydrogen-bond acceptors (Lipinski definition) is 2. The Balaban J connectivity index is 2.07. The molecule has 0 heterocycles. The van der Waals surface area contributed by atoms with Crippen LogP contribution in [0, 0.1) is 23.2 Å². The van der Waals surface area contributed by atoms with E-state index in [0.29, 0.717) is 18.3 Å². The molecule has 1 fully saturated rings. The summed E-state index contributed by atoms with van der Waals surface area (Å²) >= 11 is 0. The molecule has 38 heavy (non-hydrogen) atoms. The maximum absolute atomic E-state index is 13.9. The molecule has 2 bridgehead atoms. The van der Waals surface area contributed by atoms with Gasteiger partial charge in [-0.3, -0.25) is 9.59 Å². The number of amides is 2. The summed E-state index contributed by atoms with van der Waals surface area (Å²) in [6, 6.07) is 0. The summed E-state index contributed by atoms with van der Waals surface area (Å²) in [5, 5.41) is 3.29. The van der Waals surface area contributed by atoms with Crippen molar-refractivity contribution < 1.29 is 9.59 Å². The molecular formula is C34H62N2O2. The number of rotatable bonds is 23. The van der Waals surface area contributed by atoms with E-state index in [1.807, 2.05) is 0 Å². The second kappa shape index (κ2) is 18.9. The number of carbonyl (C=O) groups excluding carboxylic acids is 2. The van der Waals surface area contributed by atoms with E-state index in [2.05, 4.69) is 50.1 Å². The van der Waals surface area contributed by atoms with E-state index in [4.69, 9.17) is 0 Å². The Hall–Kier alpha value is -1.32. The molecule has 2 rings (SSSR count). The van der Waals surface area contributed by atoms with Crippen LogP contribution in [0.3, 0.4) is 0 Å². The van der Waals surface area contributed by atoms with Gasteiger partial charge in [0.25, 0.3) is 0 Å². The molecule has 0 aliphatic heterocycles. The fourth-order valence-electron chi connectivity index (χ4n) is 7.11. The van der Waals surface area contributed by atoms with Crippen LogP contribution in [0.2, 0.25) is 0 Å². The first-order valence-electron chi connectivity index (χ1n) is 16.8. The fraction of sp³-hybridized carbons (Fsp3) is 0.882. The summed E-state index contributed by atoms with van der Waals surface area (Å²) in [4.78, 5) is 29.8. The number of carbonyl (C=O) groups is 2. The molecule has 0 aromatic rings. The molecule has 0 spiro atoms. The van der Waals surface area contributed by atoms with Gasteiger partial charge in [0.2, 0.25) is 11.8 Å². The highest BCUT2D eigenvalue weighted by Gasteiger charge is 2.54. The van der Waals surface area contributed by atoms with Gasteiger partial charge in [-0.25, -0.2) is 0 Å². The van der Waals surface area contributed by atoms with Gasteiger partial charge in [0.05, 0.1) is 5.92 Å². The third-order valence-electron chi connectivity index (χ3n) is 9.47. The molecule has 1 saturated carbocycles. The number of nitrogens with zero attached hydrogens (tertiary/aromatic N) is 1. The Bertz CT molecular complexity index is 676. The van der Waals surface area contributed by atoms with Crippen LogP contribution in [0.4, 0.5) is 0 Å². The van der Waals surface area contributed by atoms with Gasteiger partial charge in [0.1, 0.15) is 0 Å². The average Bonchev–Trinajstić information content (AvgIpc) is 3.51. The standard InChI is InChI=1S/C34H62N2O2/c1-5-9-12-15-18-23-35-33(38)31(34-22-21-29(28-34)26-30(34)8-4)27-32(37)36(24-19-16-13-10-6-2)25-20-17-14-11-7-3/h21-22,29-31H,5-20,23-28H2,1-4H3,(H,35,38). The van der Waals surface area contributed by atoms with E-state index in [9.17, 15) is 9.59 Å². The van der Waals surface area contributed by atoms with Crippen LogP contribution in [-0.4, -0.2) is 36.3 Å². The molecule has 2 aliphatic rings. The molecular weight excluding hydrogens is 468 g/mol. The molecule has 4 atom stereocenters. The van der Waals surface area contributed by atoms with Crippen molar-refractivity contribution in [2.45, 2.75) is 150 Å². The number of allylic oxidation sites excluding steroid dienone is 2. The Morgan fingerprint density at radius 3 is 1.89 bits per heavy atom. The first kappa shape index (κ1) is 32.9. The number of nitrogens with one attached hydrogen (secondary N) is 1. The normalized spacial score (nSPS) is 22.6. The van der Waals surface area contributed by atoms with Crippen molar-refractivity contribution in [2.24, 2.45) is 23.2 Å². The summed E-state index contributed by atoms with van der Waals surface area (Å²) < 4.78 is 0. The van der Waals surface area contributed by atoms with Crippen LogP contribution in [-0.2, 0) is 9.59 Å². The van der Waals surface area contributed by atoms with E-state index in [-0.39, 0.29) is 23.1 Å². The largest absolute Gasteiger partial charge is 0.356 e. The highest BCUT2D eigenvalue weighted by atomic mass is 16.2. The zero-order valence-corrected chi connectivity index (χ0v) is 25.7. The predicted octanol–water partition coefficient (Wildman–Crippen LogP) is 8.84. The van der Waals surface area contributed by atoms with Gasteiger partial charge in [-0.05, 0) is 43.9 Å². The highest BCUT2D eigenvalue weighted by molar-refractivity contribution is 5.87. The summed E-state index contributed by atoms with van der Waals surface area (Å²) in [6.45, 7) is 11.4. The van der Waals surface area contributed by atoms with Crippen LogP contribution in [0.5, 0.6) is 0 Å². The van der Waals surface area contributed by atoms with Crippen molar-refractivity contribution in [1.82, 2.24) is 10.2 Å². The maximum Gasteiger partial charge on any atom is 0.224 e. The van der Waals surface area contributed by atoms with Crippen molar-refractivity contribution in [3.8, 4) is 0 Å². The van der Waals surface area contributed by atoms with Crippen LogP contribution in [0.25, 0.3) is 0 Å². The number of fused-ring (bicyclic) bond motifs is 2. The van der Waals surface area contributed by atoms with E-state index in [0.717, 1.165) is 51.7 Å². The van der Waals surface area contributed by atoms with Crippen LogP contribution < -0.4 is 5.32 Å². The van der Waals surface area contributed by atoms with Gasteiger partial charge in [-0.15, -0.1) is 0 Å². The Kier molecular flexibility index (Phi) is 16.3. The van der Waals surface area contributed by atoms with E-state index < -0.39 is 0 Å². The smallest absolute Gasteiger partial charge is 0.224 e. The quantitative estimate of drug-likeness (QED) is 0.106. The monoisotopic (exact) mass is 530 g/mol. The van der Waals surface area contributed by atoms with Crippen LogP contribution in [0.1, 0.15) is 150 Å². The fourth-order valence-corrected chi connectivity index (χ4v) is 7.11. The SMILES string of the molecule is CCCCCCCNC(=O)C(CC(=O)N(CCCCCCC)CCCCCCC)C12C=CC(CC1CC)C2. The summed E-state index contributed by atoms with van der Waals surface area (Å²) in [5.74, 6) is 1.22. The Morgan fingerprint density at radius 2 is 1.37 bits per heavy atom. The maximum atomic E-state index is 13.9. The third-order valence-corrected chi connectivity index (χ3v) is 9.47. The summed E-state index contributed by atoms with van der Waals surface area (Å²) in [7, 11) is 0. The molecule has 4 heteroatoms. The van der Waals surface area contributed by atoms with E-state index in [1.165, 1.54) is 83.5 Å². The molecule has 220 valence electrons. The summed E-state index contributed by atoms with van der Waals surface area (Å²) in [6.07, 6.45) is 26.5. The molecule has 2 amide bonds. The van der Waals surface area contributed by atoms with Gasteiger partial charge < -0.3 is 10.2 Å². The van der Waals surface area contributed by atoms with Crippen molar-refractivity contribution in [3.63, 3.8) is 0 Å². The van der Waals surface area contributed by atoms with Crippen LogP contribution >= 0.6 is 0 Å². The van der Waals surface area contributed by atoms with Gasteiger partial charge in [0, 0.05) is 31.5 Å². The Morgan fingerprint density at radius 1 is 0.816 bits per heavy atom. The predicted molar refractivity (Wildman–Crippen MR) is 162 cm³/mol. The molecule has 4 nitrogen and oxygen atoms in total. The van der Waals surface area contributed by atoms with Crippen LogP contribution in [0.15, 0.2) is 12.2 Å². The number of hydrogen-bond donors (Lipinski definition) is 1. The minimum Gasteiger partial charge on any atom is -0.356 e. The lowest BCUT2D eigenvalue weighted by molar-refractivity contribution is -0.139. The van der Waals surface area contributed by atoms with E-state index in [1.54, 1.807) is 0 Å². The average molecular weight is 531 g/mol. The minimum atomic E-state index is -0.234. The zero-order chi connectivity index (χ0) is 27.6. The van der Waals surface area contributed by atoms with Crippen molar-refractivity contribution in [3.05, 3.63) is 12.2 Å². The third kappa shape index (κ3) is 10.3. The van der Waals surface area contributed by atoms with E-state index >= 15 is 0 Å². The molecule has 0 saturated heterocycles. The van der Waals surface area contributed by atoms with Gasteiger partial charge >= 0.3 is 0 Å². The molecule has 2 aliphatic carbocycles. The molecule has 0 aromatic carbocycles. The van der Waals surface area contributed by atoms with Crippen molar-refractivity contribution in [2.75, 3.05) is 19.6 Å². The first-order chi connectivity index (χ1) is 18.5. The van der Waals surface area contributed by atoms with Crippen molar-refractivity contribution in [1.29, 1.82) is 0 Å². The second-order valence-corrected chi connectivity index (χ2v) is 12.4. The lowest BCUT2D eigenvalue weighted by Gasteiger charge is -2.39. The minimum absolute atomic E-state index is 0.130. The van der Waals surface area contributed by atoms with Crippen molar-refractivity contribution >= 4 is 11.8 Å². The number of unbranched alkanes of at least 4 members (excludes halogenated alkanes) is 12. The molecule has 1 N–H and O–H groups in total. The molecule has 4 unspecified atom stereocenters. The molecule has 0 aromatic heterocycles. The second-order valence-electron chi connectivity index (χ2n) is 12.4.